The second kappa shape index (κ2) is 7.07. The zero-order chi connectivity index (χ0) is 14.5. The minimum atomic E-state index is 0.377. The number of benzene rings is 1. The van der Waals surface area contributed by atoms with Gasteiger partial charge in [0.1, 0.15) is 5.75 Å². The molecule has 0 saturated heterocycles. The number of aromatic nitrogens is 1. The van der Waals surface area contributed by atoms with Crippen molar-refractivity contribution in [3.8, 4) is 11.6 Å². The van der Waals surface area contributed by atoms with Crippen LogP contribution in [0.2, 0.25) is 5.02 Å². The molecule has 0 aliphatic rings. The zero-order valence-corrected chi connectivity index (χ0v) is 13.7. The van der Waals surface area contributed by atoms with E-state index in [0.29, 0.717) is 23.5 Å². The minimum absolute atomic E-state index is 0.377. The molecule has 1 aromatic heterocycles. The Labute approximate surface area is 132 Å². The smallest absolute Gasteiger partial charge is 0.219 e. The number of pyridine rings is 1. The van der Waals surface area contributed by atoms with Gasteiger partial charge in [-0.05, 0) is 24.3 Å². The van der Waals surface area contributed by atoms with Crippen molar-refractivity contribution in [2.75, 3.05) is 0 Å². The molecule has 2 rings (SSSR count). The Bertz CT molecular complexity index is 590. The molecule has 0 fully saturated rings. The monoisotopic (exact) mass is 354 g/mol. The Hall–Kier alpha value is -1.10. The summed E-state index contributed by atoms with van der Waals surface area (Å²) in [6.45, 7) is 4.78. The van der Waals surface area contributed by atoms with Crippen LogP contribution in [0.15, 0.2) is 40.9 Å². The zero-order valence-electron chi connectivity index (χ0n) is 11.4. The molecule has 106 valence electrons. The molecule has 0 amide bonds. The van der Waals surface area contributed by atoms with Gasteiger partial charge in [0.05, 0.1) is 10.7 Å². The number of hydrogen-bond donors (Lipinski definition) is 1. The fraction of sp³-hybridized carbons (Fsp3) is 0.267. The maximum atomic E-state index is 6.14. The van der Waals surface area contributed by atoms with Gasteiger partial charge in [-0.2, -0.15) is 0 Å². The van der Waals surface area contributed by atoms with E-state index in [4.69, 9.17) is 16.3 Å². The summed E-state index contributed by atoms with van der Waals surface area (Å²) in [7, 11) is 0. The van der Waals surface area contributed by atoms with Gasteiger partial charge < -0.3 is 10.1 Å². The van der Waals surface area contributed by atoms with Crippen molar-refractivity contribution in [3.63, 3.8) is 0 Å². The molecule has 0 aliphatic carbocycles. The maximum Gasteiger partial charge on any atom is 0.219 e. The highest BCUT2D eigenvalue weighted by Crippen LogP contribution is 2.25. The molecule has 0 atom stereocenters. The predicted octanol–water partition coefficient (Wildman–Crippen LogP) is 4.79. The molecule has 0 radical (unpaired) electrons. The second-order valence-corrected chi connectivity index (χ2v) is 6.00. The van der Waals surface area contributed by atoms with Gasteiger partial charge in [-0.3, -0.25) is 0 Å². The lowest BCUT2D eigenvalue weighted by Crippen LogP contribution is -2.22. The molecule has 0 saturated carbocycles. The van der Waals surface area contributed by atoms with Gasteiger partial charge >= 0.3 is 0 Å². The van der Waals surface area contributed by atoms with Gasteiger partial charge in [-0.1, -0.05) is 47.4 Å². The van der Waals surface area contributed by atoms with Crippen molar-refractivity contribution in [1.29, 1.82) is 0 Å². The van der Waals surface area contributed by atoms with Crippen LogP contribution < -0.4 is 10.1 Å². The lowest BCUT2D eigenvalue weighted by atomic mass is 10.3. The van der Waals surface area contributed by atoms with Crippen LogP contribution in [0.3, 0.4) is 0 Å². The van der Waals surface area contributed by atoms with E-state index in [2.05, 4.69) is 40.1 Å². The number of nitrogens with one attached hydrogen (secondary N) is 1. The van der Waals surface area contributed by atoms with Gasteiger partial charge in [0.2, 0.25) is 5.88 Å². The Kier molecular flexibility index (Phi) is 5.40. The SMILES string of the molecule is CC(C)NCc1nc(Oc2cccc(Br)c2)ccc1Cl. The average Bonchev–Trinajstić information content (AvgIpc) is 2.39. The topological polar surface area (TPSA) is 34.2 Å². The van der Waals surface area contributed by atoms with Gasteiger partial charge in [-0.15, -0.1) is 0 Å². The van der Waals surface area contributed by atoms with Crippen LogP contribution >= 0.6 is 27.5 Å². The molecule has 0 bridgehead atoms. The second-order valence-electron chi connectivity index (χ2n) is 4.67. The van der Waals surface area contributed by atoms with Crippen LogP contribution in [0.5, 0.6) is 11.6 Å². The average molecular weight is 356 g/mol. The van der Waals surface area contributed by atoms with E-state index in [1.54, 1.807) is 12.1 Å². The number of ether oxygens (including phenoxy) is 1. The molecule has 5 heteroatoms. The number of hydrogen-bond acceptors (Lipinski definition) is 3. The van der Waals surface area contributed by atoms with Crippen LogP contribution in [0.25, 0.3) is 0 Å². The first-order valence-electron chi connectivity index (χ1n) is 6.37. The van der Waals surface area contributed by atoms with E-state index >= 15 is 0 Å². The van der Waals surface area contributed by atoms with Gasteiger partial charge in [0.25, 0.3) is 0 Å². The molecule has 20 heavy (non-hydrogen) atoms. The first-order valence-corrected chi connectivity index (χ1v) is 7.54. The number of nitrogens with zero attached hydrogens (tertiary/aromatic N) is 1. The molecule has 3 nitrogen and oxygen atoms in total. The summed E-state index contributed by atoms with van der Waals surface area (Å²) < 4.78 is 6.70. The molecule has 0 unspecified atom stereocenters. The summed E-state index contributed by atoms with van der Waals surface area (Å²) in [5.41, 5.74) is 0.785. The van der Waals surface area contributed by atoms with E-state index in [0.717, 1.165) is 15.9 Å². The van der Waals surface area contributed by atoms with Crippen molar-refractivity contribution in [2.45, 2.75) is 26.4 Å². The van der Waals surface area contributed by atoms with E-state index in [1.165, 1.54) is 0 Å². The third-order valence-electron chi connectivity index (χ3n) is 2.59. The van der Waals surface area contributed by atoms with Crippen LogP contribution in [-0.4, -0.2) is 11.0 Å². The lowest BCUT2D eigenvalue weighted by Gasteiger charge is -2.11. The predicted molar refractivity (Wildman–Crippen MR) is 85.4 cm³/mol. The molecule has 2 aromatic rings. The van der Waals surface area contributed by atoms with Crippen LogP contribution in [0, 0.1) is 0 Å². The fourth-order valence-corrected chi connectivity index (χ4v) is 2.15. The molecule has 0 spiro atoms. The Morgan fingerprint density at radius 1 is 1.30 bits per heavy atom. The molecular weight excluding hydrogens is 340 g/mol. The summed E-state index contributed by atoms with van der Waals surface area (Å²) in [6.07, 6.45) is 0. The highest BCUT2D eigenvalue weighted by Gasteiger charge is 2.06. The summed E-state index contributed by atoms with van der Waals surface area (Å²) in [5.74, 6) is 1.27. The van der Waals surface area contributed by atoms with E-state index in [9.17, 15) is 0 Å². The van der Waals surface area contributed by atoms with Crippen molar-refractivity contribution in [2.24, 2.45) is 0 Å². The number of halogens is 2. The van der Waals surface area contributed by atoms with E-state index < -0.39 is 0 Å². The van der Waals surface area contributed by atoms with Gasteiger partial charge in [-0.25, -0.2) is 4.98 Å². The Balaban J connectivity index is 2.14. The Morgan fingerprint density at radius 2 is 2.10 bits per heavy atom. The minimum Gasteiger partial charge on any atom is -0.439 e. The molecule has 0 aliphatic heterocycles. The summed E-state index contributed by atoms with van der Waals surface area (Å²) in [4.78, 5) is 4.44. The highest BCUT2D eigenvalue weighted by molar-refractivity contribution is 9.10. The van der Waals surface area contributed by atoms with Crippen molar-refractivity contribution < 1.29 is 4.74 Å². The lowest BCUT2D eigenvalue weighted by molar-refractivity contribution is 0.458. The van der Waals surface area contributed by atoms with E-state index in [-0.39, 0.29) is 0 Å². The third-order valence-corrected chi connectivity index (χ3v) is 3.43. The highest BCUT2D eigenvalue weighted by atomic mass is 79.9. The Morgan fingerprint density at radius 3 is 2.80 bits per heavy atom. The van der Waals surface area contributed by atoms with Crippen molar-refractivity contribution in [1.82, 2.24) is 10.3 Å². The van der Waals surface area contributed by atoms with Crippen LogP contribution in [0.1, 0.15) is 19.5 Å². The van der Waals surface area contributed by atoms with Crippen molar-refractivity contribution >= 4 is 27.5 Å². The third kappa shape index (κ3) is 4.47. The van der Waals surface area contributed by atoms with Crippen LogP contribution in [0.4, 0.5) is 0 Å². The molecule has 1 aromatic carbocycles. The quantitative estimate of drug-likeness (QED) is 0.837. The van der Waals surface area contributed by atoms with Gasteiger partial charge in [0, 0.05) is 23.1 Å². The van der Waals surface area contributed by atoms with E-state index in [1.807, 2.05) is 24.3 Å². The molecular formula is C15H16BrClN2O. The summed E-state index contributed by atoms with van der Waals surface area (Å²) >= 11 is 9.55. The van der Waals surface area contributed by atoms with Crippen LogP contribution in [-0.2, 0) is 6.54 Å². The molecule has 1 N–H and O–H groups in total. The first-order chi connectivity index (χ1) is 9.54. The normalized spacial score (nSPS) is 10.8. The maximum absolute atomic E-state index is 6.14. The van der Waals surface area contributed by atoms with Crippen molar-refractivity contribution in [3.05, 3.63) is 51.6 Å². The largest absolute Gasteiger partial charge is 0.439 e. The van der Waals surface area contributed by atoms with Gasteiger partial charge in [0.15, 0.2) is 0 Å². The first kappa shape index (κ1) is 15.3. The fourth-order valence-electron chi connectivity index (χ4n) is 1.60. The summed E-state index contributed by atoms with van der Waals surface area (Å²) in [6, 6.07) is 11.6. The standard InChI is InChI=1S/C15H16BrClN2O/c1-10(2)18-9-14-13(17)6-7-15(19-14)20-12-5-3-4-11(16)8-12/h3-8,10,18H,9H2,1-2H3. The summed E-state index contributed by atoms with van der Waals surface area (Å²) in [5, 5.41) is 3.93. The number of rotatable bonds is 5. The molecule has 1 heterocycles.